The summed E-state index contributed by atoms with van der Waals surface area (Å²) in [4.78, 5) is 33.8. The Bertz CT molecular complexity index is 975. The van der Waals surface area contributed by atoms with Gasteiger partial charge in [0, 0.05) is 30.3 Å². The molecule has 0 spiro atoms. The number of likely N-dealkylation sites (tertiary alicyclic amines) is 1. The van der Waals surface area contributed by atoms with Gasteiger partial charge in [0.2, 0.25) is 0 Å². The molecule has 1 aliphatic heterocycles. The molecular weight excluding hydrogens is 347 g/mol. The highest BCUT2D eigenvalue weighted by Crippen LogP contribution is 2.16. The molecule has 0 aliphatic carbocycles. The highest BCUT2D eigenvalue weighted by Gasteiger charge is 2.25. The van der Waals surface area contributed by atoms with Crippen LogP contribution in [0.1, 0.15) is 33.6 Å². The van der Waals surface area contributed by atoms with Gasteiger partial charge in [-0.2, -0.15) is 0 Å². The zero-order valence-electron chi connectivity index (χ0n) is 14.6. The van der Waals surface area contributed by atoms with Crippen LogP contribution in [0.25, 0.3) is 11.0 Å². The van der Waals surface area contributed by atoms with Crippen molar-refractivity contribution >= 4 is 22.8 Å². The zero-order valence-corrected chi connectivity index (χ0v) is 14.6. The molecule has 2 aromatic carbocycles. The Hall–Kier alpha value is -3.22. The lowest BCUT2D eigenvalue weighted by molar-refractivity contribution is 0.0698. The standard InChI is InChI=1S/C20H19FN4O2/c21-15-4-1-13(2-5-15)20(27)25-9-7-16(8-10-25)24-19(26)14-3-6-17-18(11-14)23-12-22-17/h1-6,11-12,16H,7-10H2,(H,22,23)(H,24,26). The molecule has 6 nitrogen and oxygen atoms in total. The molecule has 2 heterocycles. The fourth-order valence-corrected chi connectivity index (χ4v) is 3.35. The Kier molecular flexibility index (Phi) is 4.58. The first-order valence-corrected chi connectivity index (χ1v) is 8.89. The zero-order chi connectivity index (χ0) is 18.8. The van der Waals surface area contributed by atoms with E-state index in [1.165, 1.54) is 24.3 Å². The third kappa shape index (κ3) is 3.67. The summed E-state index contributed by atoms with van der Waals surface area (Å²) in [5, 5.41) is 3.04. The molecule has 2 amide bonds. The number of carbonyl (C=O) groups excluding carboxylic acids is 2. The van der Waals surface area contributed by atoms with E-state index in [2.05, 4.69) is 15.3 Å². The van der Waals surface area contributed by atoms with Crippen molar-refractivity contribution in [3.8, 4) is 0 Å². The summed E-state index contributed by atoms with van der Waals surface area (Å²) >= 11 is 0. The molecule has 138 valence electrons. The molecular formula is C20H19FN4O2. The molecule has 1 saturated heterocycles. The molecule has 0 saturated carbocycles. The van der Waals surface area contributed by atoms with Crippen LogP contribution in [0.2, 0.25) is 0 Å². The Morgan fingerprint density at radius 3 is 2.52 bits per heavy atom. The van der Waals surface area contributed by atoms with Crippen LogP contribution in [0.4, 0.5) is 4.39 Å². The maximum Gasteiger partial charge on any atom is 0.253 e. The van der Waals surface area contributed by atoms with Gasteiger partial charge in [0.25, 0.3) is 11.8 Å². The minimum atomic E-state index is -0.360. The number of nitrogens with zero attached hydrogens (tertiary/aromatic N) is 2. The van der Waals surface area contributed by atoms with E-state index < -0.39 is 0 Å². The van der Waals surface area contributed by atoms with Crippen LogP contribution >= 0.6 is 0 Å². The number of aromatic amines is 1. The summed E-state index contributed by atoms with van der Waals surface area (Å²) in [7, 11) is 0. The van der Waals surface area contributed by atoms with E-state index in [-0.39, 0.29) is 23.7 Å². The van der Waals surface area contributed by atoms with Gasteiger partial charge in [0.1, 0.15) is 5.82 Å². The predicted octanol–water partition coefficient (Wildman–Crippen LogP) is 2.74. The number of imidazole rings is 1. The molecule has 0 unspecified atom stereocenters. The Morgan fingerprint density at radius 1 is 1.07 bits per heavy atom. The lowest BCUT2D eigenvalue weighted by Crippen LogP contribution is -2.46. The van der Waals surface area contributed by atoms with Crippen molar-refractivity contribution < 1.29 is 14.0 Å². The first kappa shape index (κ1) is 17.2. The van der Waals surface area contributed by atoms with E-state index in [1.54, 1.807) is 23.4 Å². The summed E-state index contributed by atoms with van der Waals surface area (Å²) in [5.41, 5.74) is 2.70. The van der Waals surface area contributed by atoms with Gasteiger partial charge in [-0.05, 0) is 55.3 Å². The van der Waals surface area contributed by atoms with Gasteiger partial charge in [-0.3, -0.25) is 9.59 Å². The van der Waals surface area contributed by atoms with Gasteiger partial charge in [-0.1, -0.05) is 0 Å². The first-order chi connectivity index (χ1) is 13.1. The fourth-order valence-electron chi connectivity index (χ4n) is 3.35. The van der Waals surface area contributed by atoms with E-state index >= 15 is 0 Å². The van der Waals surface area contributed by atoms with Gasteiger partial charge in [-0.25, -0.2) is 9.37 Å². The lowest BCUT2D eigenvalue weighted by atomic mass is 10.0. The fraction of sp³-hybridized carbons (Fsp3) is 0.250. The first-order valence-electron chi connectivity index (χ1n) is 8.89. The van der Waals surface area contributed by atoms with E-state index in [9.17, 15) is 14.0 Å². The third-order valence-electron chi connectivity index (χ3n) is 4.89. The Labute approximate surface area is 155 Å². The Balaban J connectivity index is 1.34. The molecule has 1 fully saturated rings. The van der Waals surface area contributed by atoms with Crippen molar-refractivity contribution in [3.05, 3.63) is 65.7 Å². The van der Waals surface area contributed by atoms with Crippen LogP contribution < -0.4 is 5.32 Å². The van der Waals surface area contributed by atoms with Crippen LogP contribution in [0, 0.1) is 5.82 Å². The monoisotopic (exact) mass is 366 g/mol. The molecule has 0 bridgehead atoms. The minimum Gasteiger partial charge on any atom is -0.349 e. The number of benzene rings is 2. The number of halogens is 1. The van der Waals surface area contributed by atoms with E-state index in [0.717, 1.165) is 11.0 Å². The summed E-state index contributed by atoms with van der Waals surface area (Å²) in [6.07, 6.45) is 2.97. The van der Waals surface area contributed by atoms with E-state index in [4.69, 9.17) is 0 Å². The molecule has 1 aliphatic rings. The van der Waals surface area contributed by atoms with E-state index in [1.807, 2.05) is 6.07 Å². The maximum absolute atomic E-state index is 13.0. The second-order valence-electron chi connectivity index (χ2n) is 6.68. The number of hydrogen-bond acceptors (Lipinski definition) is 3. The molecule has 4 rings (SSSR count). The van der Waals surface area contributed by atoms with Gasteiger partial charge in [0.05, 0.1) is 17.4 Å². The highest BCUT2D eigenvalue weighted by molar-refractivity contribution is 5.97. The average molecular weight is 366 g/mol. The quantitative estimate of drug-likeness (QED) is 0.748. The van der Waals surface area contributed by atoms with Crippen LogP contribution in [-0.4, -0.2) is 45.8 Å². The van der Waals surface area contributed by atoms with Gasteiger partial charge in [0.15, 0.2) is 0 Å². The number of H-pyrrole nitrogens is 1. The third-order valence-corrected chi connectivity index (χ3v) is 4.89. The van der Waals surface area contributed by atoms with Crippen molar-refractivity contribution in [2.24, 2.45) is 0 Å². The molecule has 3 aromatic rings. The number of hydrogen-bond donors (Lipinski definition) is 2. The maximum atomic E-state index is 13.0. The van der Waals surface area contributed by atoms with Crippen molar-refractivity contribution in [2.75, 3.05) is 13.1 Å². The van der Waals surface area contributed by atoms with Crippen LogP contribution in [-0.2, 0) is 0 Å². The summed E-state index contributed by atoms with van der Waals surface area (Å²) < 4.78 is 13.0. The smallest absolute Gasteiger partial charge is 0.253 e. The molecule has 0 radical (unpaired) electrons. The number of carbonyl (C=O) groups is 2. The highest BCUT2D eigenvalue weighted by atomic mass is 19.1. The summed E-state index contributed by atoms with van der Waals surface area (Å²) in [5.74, 6) is -0.597. The van der Waals surface area contributed by atoms with Crippen molar-refractivity contribution in [1.29, 1.82) is 0 Å². The van der Waals surface area contributed by atoms with Gasteiger partial charge in [-0.15, -0.1) is 0 Å². The van der Waals surface area contributed by atoms with Crippen LogP contribution in [0.5, 0.6) is 0 Å². The topological polar surface area (TPSA) is 78.1 Å². The van der Waals surface area contributed by atoms with Crippen molar-refractivity contribution in [2.45, 2.75) is 18.9 Å². The summed E-state index contributed by atoms with van der Waals surface area (Å²) in [6, 6.07) is 10.9. The molecule has 0 atom stereocenters. The van der Waals surface area contributed by atoms with Gasteiger partial charge >= 0.3 is 0 Å². The second-order valence-corrected chi connectivity index (χ2v) is 6.68. The normalized spacial score (nSPS) is 15.1. The molecule has 1 aromatic heterocycles. The predicted molar refractivity (Wildman–Crippen MR) is 98.9 cm³/mol. The number of rotatable bonds is 3. The number of piperidine rings is 1. The van der Waals surface area contributed by atoms with E-state index in [0.29, 0.717) is 37.1 Å². The lowest BCUT2D eigenvalue weighted by Gasteiger charge is -2.32. The largest absolute Gasteiger partial charge is 0.349 e. The molecule has 7 heteroatoms. The van der Waals surface area contributed by atoms with Gasteiger partial charge < -0.3 is 15.2 Å². The average Bonchev–Trinajstić information content (AvgIpc) is 3.16. The van der Waals surface area contributed by atoms with Crippen molar-refractivity contribution in [3.63, 3.8) is 0 Å². The number of fused-ring (bicyclic) bond motifs is 1. The van der Waals surface area contributed by atoms with Crippen molar-refractivity contribution in [1.82, 2.24) is 20.2 Å². The number of amides is 2. The molecule has 2 N–H and O–H groups in total. The number of aromatic nitrogens is 2. The summed E-state index contributed by atoms with van der Waals surface area (Å²) in [6.45, 7) is 1.11. The van der Waals surface area contributed by atoms with Crippen LogP contribution in [0.3, 0.4) is 0 Å². The Morgan fingerprint density at radius 2 is 1.78 bits per heavy atom. The number of nitrogens with one attached hydrogen (secondary N) is 2. The minimum absolute atomic E-state index is 0.0206. The molecule has 27 heavy (non-hydrogen) atoms. The SMILES string of the molecule is O=C(NC1CCN(C(=O)c2ccc(F)cc2)CC1)c1ccc2nc[nH]c2c1. The second kappa shape index (κ2) is 7.19. The van der Waals surface area contributed by atoms with Crippen LogP contribution in [0.15, 0.2) is 48.8 Å².